The molecule has 1 atom stereocenters. The molecule has 1 aliphatic carbocycles. The molecule has 1 aromatic rings. The summed E-state index contributed by atoms with van der Waals surface area (Å²) in [4.78, 5) is 35.8. The molecule has 2 amide bonds. The minimum absolute atomic E-state index is 0.112. The first-order valence-electron chi connectivity index (χ1n) is 10.8. The molecule has 1 unspecified atom stereocenters. The van der Waals surface area contributed by atoms with Gasteiger partial charge in [-0.1, -0.05) is 18.2 Å². The molecule has 3 aliphatic heterocycles. The molecule has 0 saturated carbocycles. The Labute approximate surface area is 191 Å². The highest BCUT2D eigenvalue weighted by Crippen LogP contribution is 2.31. The Hall–Kier alpha value is -3.20. The highest BCUT2D eigenvalue weighted by atomic mass is 32.1. The molecule has 0 spiro atoms. The summed E-state index contributed by atoms with van der Waals surface area (Å²) in [6, 6.07) is 10.2. The summed E-state index contributed by atoms with van der Waals surface area (Å²) in [5, 5.41) is 0.234. The Balaban J connectivity index is 1.13. The fraction of sp³-hybridized carbons (Fsp3) is 0.391. The molecule has 3 heterocycles. The van der Waals surface area contributed by atoms with Gasteiger partial charge in [-0.15, -0.1) is 0 Å². The molecule has 0 N–H and O–H groups in total. The number of fused-ring (bicyclic) bond motifs is 2. The zero-order valence-corrected chi connectivity index (χ0v) is 18.4. The first-order valence-corrected chi connectivity index (χ1v) is 11.2. The number of allylic oxidation sites excluding steroid dienone is 1. The van der Waals surface area contributed by atoms with E-state index in [4.69, 9.17) is 21.7 Å². The first-order chi connectivity index (χ1) is 15.6. The molecule has 9 heteroatoms. The third kappa shape index (κ3) is 4.00. The maximum absolute atomic E-state index is 13.0. The first kappa shape index (κ1) is 20.7. The van der Waals surface area contributed by atoms with Crippen molar-refractivity contribution in [3.8, 4) is 0 Å². The fourth-order valence-electron chi connectivity index (χ4n) is 4.34. The molecule has 2 fully saturated rings. The number of benzene rings is 1. The monoisotopic (exact) mass is 452 g/mol. The fourth-order valence-corrected chi connectivity index (χ4v) is 4.63. The summed E-state index contributed by atoms with van der Waals surface area (Å²) in [7, 11) is 0. The molecule has 4 aliphatic rings. The van der Waals surface area contributed by atoms with E-state index in [0.29, 0.717) is 49.7 Å². The largest absolute Gasteiger partial charge is 0.454 e. The molecule has 8 nitrogen and oxygen atoms in total. The van der Waals surface area contributed by atoms with Gasteiger partial charge in [-0.05, 0) is 36.8 Å². The number of aliphatic imine (C=N–C) groups is 1. The Morgan fingerprint density at radius 1 is 1.09 bits per heavy atom. The van der Waals surface area contributed by atoms with Gasteiger partial charge in [-0.2, -0.15) is 0 Å². The van der Waals surface area contributed by atoms with Crippen LogP contribution in [0.4, 0.5) is 5.69 Å². The average Bonchev–Trinajstić information content (AvgIpc) is 3.28. The van der Waals surface area contributed by atoms with Gasteiger partial charge in [0, 0.05) is 50.9 Å². The van der Waals surface area contributed by atoms with Crippen molar-refractivity contribution in [2.75, 3.05) is 44.4 Å². The average molecular weight is 453 g/mol. The molecule has 166 valence electrons. The lowest BCUT2D eigenvalue weighted by Crippen LogP contribution is -2.49. The Bertz CT molecular complexity index is 1030. The van der Waals surface area contributed by atoms with E-state index in [1.807, 2.05) is 23.1 Å². The number of carbonyl (C=O) groups excluding carboxylic acids is 2. The van der Waals surface area contributed by atoms with Crippen LogP contribution in [-0.4, -0.2) is 72.0 Å². The summed E-state index contributed by atoms with van der Waals surface area (Å²) in [5.41, 5.74) is 1.76. The Morgan fingerprint density at radius 2 is 1.84 bits per heavy atom. The SMILES string of the molecule is O=C(CCCN1C(=O)C2C=C3OCOC3=CC2=NC1=S)N1CCN(c2ccccc2)CC1. The summed E-state index contributed by atoms with van der Waals surface area (Å²) in [5.74, 6) is 0.606. The maximum Gasteiger partial charge on any atom is 0.241 e. The molecule has 2 saturated heterocycles. The second-order valence-electron chi connectivity index (χ2n) is 8.04. The van der Waals surface area contributed by atoms with E-state index >= 15 is 0 Å². The number of nitrogens with zero attached hydrogens (tertiary/aromatic N) is 4. The van der Waals surface area contributed by atoms with Gasteiger partial charge in [0.1, 0.15) is 5.92 Å². The number of ether oxygens (including phenoxy) is 2. The molecular formula is C23H24N4O4S. The minimum atomic E-state index is -0.524. The number of piperazine rings is 1. The van der Waals surface area contributed by atoms with Crippen molar-refractivity contribution in [1.29, 1.82) is 0 Å². The zero-order chi connectivity index (χ0) is 22.1. The van der Waals surface area contributed by atoms with Gasteiger partial charge in [0.2, 0.25) is 23.7 Å². The number of thiocarbonyl (C=S) groups is 1. The topological polar surface area (TPSA) is 74.7 Å². The van der Waals surface area contributed by atoms with Crippen LogP contribution in [0.15, 0.2) is 59.0 Å². The number of hydrogen-bond donors (Lipinski definition) is 0. The second kappa shape index (κ2) is 8.74. The standard InChI is InChI=1S/C23H24N4O4S/c28-21(26-11-9-25(10-12-26)16-5-2-1-3-6-16)7-4-8-27-22(29)17-13-19-20(31-15-30-19)14-18(17)24-23(27)32/h1-3,5-6,13-14,17H,4,7-12,15H2. The van der Waals surface area contributed by atoms with E-state index in [1.165, 1.54) is 10.6 Å². The van der Waals surface area contributed by atoms with Crippen molar-refractivity contribution in [2.24, 2.45) is 10.9 Å². The number of rotatable bonds is 5. The summed E-state index contributed by atoms with van der Waals surface area (Å²) >= 11 is 5.35. The van der Waals surface area contributed by atoms with Crippen LogP contribution >= 0.6 is 12.2 Å². The maximum atomic E-state index is 13.0. The summed E-state index contributed by atoms with van der Waals surface area (Å²) < 4.78 is 10.8. The van der Waals surface area contributed by atoms with Gasteiger partial charge in [-0.25, -0.2) is 4.99 Å². The Morgan fingerprint density at radius 3 is 2.62 bits per heavy atom. The van der Waals surface area contributed by atoms with E-state index in [9.17, 15) is 9.59 Å². The van der Waals surface area contributed by atoms with Crippen LogP contribution in [0.2, 0.25) is 0 Å². The molecule has 0 bridgehead atoms. The van der Waals surface area contributed by atoms with Crippen molar-refractivity contribution in [2.45, 2.75) is 12.8 Å². The zero-order valence-electron chi connectivity index (χ0n) is 17.6. The smallest absolute Gasteiger partial charge is 0.241 e. The van der Waals surface area contributed by atoms with Gasteiger partial charge < -0.3 is 19.3 Å². The quantitative estimate of drug-likeness (QED) is 0.637. The molecule has 0 radical (unpaired) electrons. The molecular weight excluding hydrogens is 428 g/mol. The van der Waals surface area contributed by atoms with Crippen LogP contribution in [-0.2, 0) is 19.1 Å². The van der Waals surface area contributed by atoms with Crippen LogP contribution in [0, 0.1) is 5.92 Å². The molecule has 0 aromatic heterocycles. The van der Waals surface area contributed by atoms with Gasteiger partial charge in [0.25, 0.3) is 0 Å². The van der Waals surface area contributed by atoms with E-state index in [0.717, 1.165) is 13.1 Å². The third-order valence-corrected chi connectivity index (χ3v) is 6.41. The van der Waals surface area contributed by atoms with Crippen molar-refractivity contribution >= 4 is 40.5 Å². The van der Waals surface area contributed by atoms with Gasteiger partial charge >= 0.3 is 0 Å². The van der Waals surface area contributed by atoms with Crippen LogP contribution in [0.3, 0.4) is 0 Å². The van der Waals surface area contributed by atoms with Crippen LogP contribution in [0.5, 0.6) is 0 Å². The van der Waals surface area contributed by atoms with E-state index in [-0.39, 0.29) is 23.7 Å². The second-order valence-corrected chi connectivity index (χ2v) is 8.40. The van der Waals surface area contributed by atoms with E-state index < -0.39 is 5.92 Å². The number of hydrogen-bond acceptors (Lipinski definition) is 6. The predicted molar refractivity (Wildman–Crippen MR) is 123 cm³/mol. The van der Waals surface area contributed by atoms with E-state index in [2.05, 4.69) is 22.0 Å². The van der Waals surface area contributed by atoms with Crippen molar-refractivity contribution in [3.05, 3.63) is 54.0 Å². The minimum Gasteiger partial charge on any atom is -0.454 e. The van der Waals surface area contributed by atoms with Crippen molar-refractivity contribution < 1.29 is 19.1 Å². The van der Waals surface area contributed by atoms with Crippen LogP contribution in [0.1, 0.15) is 12.8 Å². The number of carbonyl (C=O) groups is 2. The highest BCUT2D eigenvalue weighted by Gasteiger charge is 2.38. The number of amides is 2. The number of anilines is 1. The summed E-state index contributed by atoms with van der Waals surface area (Å²) in [6.45, 7) is 3.56. The predicted octanol–water partition coefficient (Wildman–Crippen LogP) is 2.09. The van der Waals surface area contributed by atoms with Crippen molar-refractivity contribution in [3.63, 3.8) is 0 Å². The summed E-state index contributed by atoms with van der Waals surface area (Å²) in [6.07, 6.45) is 4.36. The third-order valence-electron chi connectivity index (χ3n) is 6.10. The van der Waals surface area contributed by atoms with Crippen molar-refractivity contribution in [1.82, 2.24) is 9.80 Å². The van der Waals surface area contributed by atoms with Gasteiger partial charge in [-0.3, -0.25) is 14.5 Å². The molecule has 5 rings (SSSR count). The lowest BCUT2D eigenvalue weighted by Gasteiger charge is -2.36. The van der Waals surface area contributed by atoms with Gasteiger partial charge in [0.05, 0.1) is 5.71 Å². The molecule has 32 heavy (non-hydrogen) atoms. The lowest BCUT2D eigenvalue weighted by molar-refractivity contribution is -0.132. The van der Waals surface area contributed by atoms with E-state index in [1.54, 1.807) is 12.2 Å². The lowest BCUT2D eigenvalue weighted by atomic mass is 9.94. The van der Waals surface area contributed by atoms with Crippen LogP contribution in [0.25, 0.3) is 0 Å². The van der Waals surface area contributed by atoms with Gasteiger partial charge in [0.15, 0.2) is 11.5 Å². The Kier molecular flexibility index (Phi) is 5.65. The van der Waals surface area contributed by atoms with Crippen LogP contribution < -0.4 is 4.90 Å². The highest BCUT2D eigenvalue weighted by molar-refractivity contribution is 7.80. The normalized spacial score (nSPS) is 22.3. The number of para-hydroxylation sites is 1. The molecule has 1 aromatic carbocycles.